The summed E-state index contributed by atoms with van der Waals surface area (Å²) in [6.45, 7) is -1.55. The lowest BCUT2D eigenvalue weighted by Crippen LogP contribution is -2.50. The number of likely N-dealkylation sites (tertiary alicyclic amines) is 1. The number of carboxylic acid groups (broad SMARTS) is 1. The first kappa shape index (κ1) is 27.9. The van der Waals surface area contributed by atoms with Crippen LogP contribution >= 0.6 is 0 Å². The number of halogens is 6. The number of hydrogen-bond acceptors (Lipinski definition) is 8. The van der Waals surface area contributed by atoms with E-state index in [1.54, 1.807) is 0 Å². The summed E-state index contributed by atoms with van der Waals surface area (Å²) in [6.07, 6.45) is -10.8. The zero-order chi connectivity index (χ0) is 28.4. The van der Waals surface area contributed by atoms with Crippen LogP contribution in [0, 0.1) is 0 Å². The lowest BCUT2D eigenvalue weighted by Gasteiger charge is -2.36. The van der Waals surface area contributed by atoms with Gasteiger partial charge in [-0.3, -0.25) is 14.4 Å². The Bertz CT molecular complexity index is 1350. The number of carbonyl (C=O) groups excluding carboxylic acids is 1. The van der Waals surface area contributed by atoms with E-state index < -0.39 is 61.5 Å². The van der Waals surface area contributed by atoms with Gasteiger partial charge in [0.2, 0.25) is 5.89 Å². The second kappa shape index (κ2) is 10.9. The fraction of sp³-hybridized carbons (Fsp3) is 0.409. The van der Waals surface area contributed by atoms with Crippen LogP contribution in [0.2, 0.25) is 0 Å². The summed E-state index contributed by atoms with van der Waals surface area (Å²) in [4.78, 5) is 29.7. The smallest absolute Gasteiger partial charge is 0.465 e. The number of fused-ring (bicyclic) bond motifs is 1. The summed E-state index contributed by atoms with van der Waals surface area (Å²) < 4.78 is 88.5. The van der Waals surface area contributed by atoms with Gasteiger partial charge in [-0.2, -0.15) is 13.2 Å². The van der Waals surface area contributed by atoms with Crippen molar-refractivity contribution >= 4 is 22.9 Å². The Kier molecular flexibility index (Phi) is 7.80. The topological polar surface area (TPSA) is 140 Å². The SMILES string of the molecule is O=C(N[C@H]1CCC(c2nnc(OCCOC(F)(F)F)o2)N(C(=O)O)C1)c1ccc2cc(C(F)(F)F)ccc2n1. The van der Waals surface area contributed by atoms with Crippen molar-refractivity contribution in [2.45, 2.75) is 37.5 Å². The highest BCUT2D eigenvalue weighted by Crippen LogP contribution is 2.33. The third kappa shape index (κ3) is 7.04. The Labute approximate surface area is 214 Å². The maximum Gasteiger partial charge on any atom is 0.522 e. The molecule has 0 spiro atoms. The van der Waals surface area contributed by atoms with Crippen molar-refractivity contribution in [3.63, 3.8) is 0 Å². The molecule has 17 heteroatoms. The number of piperidine rings is 1. The molecule has 39 heavy (non-hydrogen) atoms. The first-order valence-electron chi connectivity index (χ1n) is 11.3. The molecular formula is C22H19F6N5O6. The van der Waals surface area contributed by atoms with Crippen LogP contribution in [0.3, 0.4) is 0 Å². The largest absolute Gasteiger partial charge is 0.522 e. The molecule has 2 amide bonds. The van der Waals surface area contributed by atoms with Crippen molar-refractivity contribution in [2.24, 2.45) is 0 Å². The molecule has 0 saturated carbocycles. The molecule has 0 aliphatic carbocycles. The molecular weight excluding hydrogens is 544 g/mol. The third-order valence-electron chi connectivity index (χ3n) is 5.69. The highest BCUT2D eigenvalue weighted by atomic mass is 19.4. The number of alkyl halides is 6. The molecule has 1 saturated heterocycles. The van der Waals surface area contributed by atoms with Crippen LogP contribution in [-0.4, -0.2) is 69.4 Å². The van der Waals surface area contributed by atoms with Gasteiger partial charge in [0.15, 0.2) is 0 Å². The molecule has 2 N–H and O–H groups in total. The summed E-state index contributed by atoms with van der Waals surface area (Å²) in [5, 5.41) is 19.8. The Morgan fingerprint density at radius 1 is 1.08 bits per heavy atom. The molecule has 3 heterocycles. The minimum absolute atomic E-state index is 0.0700. The highest BCUT2D eigenvalue weighted by Gasteiger charge is 2.37. The maximum absolute atomic E-state index is 12.9. The number of nitrogens with one attached hydrogen (secondary N) is 1. The minimum atomic E-state index is -4.83. The molecule has 1 aromatic carbocycles. The minimum Gasteiger partial charge on any atom is -0.465 e. The number of benzene rings is 1. The summed E-state index contributed by atoms with van der Waals surface area (Å²) in [5.41, 5.74) is -0.750. The summed E-state index contributed by atoms with van der Waals surface area (Å²) in [7, 11) is 0. The monoisotopic (exact) mass is 563 g/mol. The molecule has 1 fully saturated rings. The van der Waals surface area contributed by atoms with E-state index in [-0.39, 0.29) is 41.9 Å². The number of pyridine rings is 1. The van der Waals surface area contributed by atoms with Crippen molar-refractivity contribution in [2.75, 3.05) is 19.8 Å². The van der Waals surface area contributed by atoms with E-state index in [1.807, 2.05) is 0 Å². The van der Waals surface area contributed by atoms with E-state index >= 15 is 0 Å². The molecule has 2 aromatic heterocycles. The van der Waals surface area contributed by atoms with Crippen molar-refractivity contribution in [1.29, 1.82) is 0 Å². The average Bonchev–Trinajstić information content (AvgIpc) is 3.33. The maximum atomic E-state index is 12.9. The number of hydrogen-bond donors (Lipinski definition) is 2. The van der Waals surface area contributed by atoms with E-state index in [0.717, 1.165) is 23.1 Å². The second-order valence-electron chi connectivity index (χ2n) is 8.35. The Morgan fingerprint density at radius 2 is 1.85 bits per heavy atom. The van der Waals surface area contributed by atoms with Gasteiger partial charge < -0.3 is 19.6 Å². The van der Waals surface area contributed by atoms with Crippen molar-refractivity contribution in [3.8, 4) is 6.08 Å². The van der Waals surface area contributed by atoms with E-state index in [2.05, 4.69) is 25.2 Å². The van der Waals surface area contributed by atoms with Crippen LogP contribution < -0.4 is 10.1 Å². The van der Waals surface area contributed by atoms with Gasteiger partial charge in [-0.15, -0.1) is 18.3 Å². The molecule has 0 radical (unpaired) electrons. The summed E-state index contributed by atoms with van der Waals surface area (Å²) in [5.74, 6) is -0.802. The highest BCUT2D eigenvalue weighted by molar-refractivity contribution is 5.95. The molecule has 11 nitrogen and oxygen atoms in total. The van der Waals surface area contributed by atoms with Gasteiger partial charge in [0.1, 0.15) is 18.3 Å². The van der Waals surface area contributed by atoms with E-state index in [0.29, 0.717) is 0 Å². The van der Waals surface area contributed by atoms with Gasteiger partial charge in [-0.25, -0.2) is 9.78 Å². The predicted octanol–water partition coefficient (Wildman–Crippen LogP) is 4.17. The van der Waals surface area contributed by atoms with Gasteiger partial charge in [-0.05, 0) is 37.1 Å². The van der Waals surface area contributed by atoms with Gasteiger partial charge in [0, 0.05) is 18.0 Å². The Balaban J connectivity index is 1.37. The fourth-order valence-corrected chi connectivity index (χ4v) is 3.94. The van der Waals surface area contributed by atoms with Crippen LogP contribution in [0.25, 0.3) is 10.9 Å². The number of nitrogens with zero attached hydrogens (tertiary/aromatic N) is 4. The van der Waals surface area contributed by atoms with Crippen LogP contribution in [0.15, 0.2) is 34.7 Å². The lowest BCUT2D eigenvalue weighted by molar-refractivity contribution is -0.325. The zero-order valence-electron chi connectivity index (χ0n) is 19.6. The number of carbonyl (C=O) groups is 2. The molecule has 3 aromatic rings. The normalized spacial score (nSPS) is 18.3. The number of ether oxygens (including phenoxy) is 2. The first-order valence-corrected chi connectivity index (χ1v) is 11.3. The van der Waals surface area contributed by atoms with Crippen LogP contribution in [0.1, 0.15) is 40.8 Å². The number of amides is 2. The molecule has 1 unspecified atom stereocenters. The van der Waals surface area contributed by atoms with Crippen LogP contribution in [0.4, 0.5) is 31.1 Å². The molecule has 2 atom stereocenters. The average molecular weight is 563 g/mol. The standard InChI is InChI=1S/C22H19F6N5O6/c23-21(24,25)12-2-5-14-11(9-12)1-4-15(30-14)17(34)29-13-3-6-16(33(10-13)20(35)36)18-31-32-19(39-18)37-7-8-38-22(26,27)28/h1-2,4-5,9,13,16H,3,6-8,10H2,(H,29,34)(H,35,36)/t13-,16?/m0/s1. The van der Waals surface area contributed by atoms with Crippen molar-refractivity contribution in [3.05, 3.63) is 47.5 Å². The fourth-order valence-electron chi connectivity index (χ4n) is 3.94. The molecule has 4 rings (SSSR count). The quantitative estimate of drug-likeness (QED) is 0.320. The van der Waals surface area contributed by atoms with Gasteiger partial charge >= 0.3 is 24.7 Å². The second-order valence-corrected chi connectivity index (χ2v) is 8.35. The predicted molar refractivity (Wildman–Crippen MR) is 117 cm³/mol. The van der Waals surface area contributed by atoms with Crippen molar-refractivity contribution in [1.82, 2.24) is 25.4 Å². The molecule has 210 valence electrons. The van der Waals surface area contributed by atoms with E-state index in [1.165, 1.54) is 12.1 Å². The Morgan fingerprint density at radius 3 is 2.54 bits per heavy atom. The summed E-state index contributed by atoms with van der Waals surface area (Å²) in [6, 6.07) is 3.96. The molecule has 1 aliphatic rings. The van der Waals surface area contributed by atoms with Gasteiger partial charge in [-0.1, -0.05) is 11.2 Å². The number of rotatable bonds is 7. The summed E-state index contributed by atoms with van der Waals surface area (Å²) >= 11 is 0. The Hall–Kier alpha value is -4.15. The molecule has 0 bridgehead atoms. The van der Waals surface area contributed by atoms with Crippen LogP contribution in [-0.2, 0) is 10.9 Å². The van der Waals surface area contributed by atoms with Gasteiger partial charge in [0.05, 0.1) is 17.7 Å². The van der Waals surface area contributed by atoms with E-state index in [9.17, 15) is 41.0 Å². The van der Waals surface area contributed by atoms with E-state index in [4.69, 9.17) is 9.15 Å². The lowest BCUT2D eigenvalue weighted by atomic mass is 9.98. The van der Waals surface area contributed by atoms with Crippen molar-refractivity contribution < 1.29 is 54.9 Å². The third-order valence-corrected chi connectivity index (χ3v) is 5.69. The zero-order valence-corrected chi connectivity index (χ0v) is 19.6. The van der Waals surface area contributed by atoms with Gasteiger partial charge in [0.25, 0.3) is 5.91 Å². The molecule has 1 aliphatic heterocycles. The van der Waals surface area contributed by atoms with Crippen LogP contribution in [0.5, 0.6) is 6.08 Å². The first-order chi connectivity index (χ1) is 18.3. The number of aromatic nitrogens is 3.